The Bertz CT molecular complexity index is 282. The Morgan fingerprint density at radius 3 is 2.50 bits per heavy atom. The molecule has 0 saturated carbocycles. The average molecular weight is 166 g/mol. The van der Waals surface area contributed by atoms with E-state index in [1.807, 2.05) is 0 Å². The van der Waals surface area contributed by atoms with Gasteiger partial charge >= 0.3 is 5.97 Å². The first kappa shape index (κ1) is 8.67. The van der Waals surface area contributed by atoms with Crippen molar-refractivity contribution in [1.82, 2.24) is 4.98 Å². The number of nitrogens with zero attached hydrogens (tertiary/aromatic N) is 1. The summed E-state index contributed by atoms with van der Waals surface area (Å²) in [5.74, 6) is -1.05. The molecule has 0 aliphatic rings. The molecule has 0 saturated heterocycles. The quantitative estimate of drug-likeness (QED) is 0.664. The molecule has 1 aromatic rings. The van der Waals surface area contributed by atoms with Crippen molar-refractivity contribution in [3.8, 4) is 0 Å². The van der Waals surface area contributed by atoms with Crippen LogP contribution in [0.15, 0.2) is 24.5 Å². The van der Waals surface area contributed by atoms with Gasteiger partial charge in [0.15, 0.2) is 0 Å². The molecular formula is C8H10N2O2. The van der Waals surface area contributed by atoms with Crippen LogP contribution in [0.3, 0.4) is 0 Å². The maximum Gasteiger partial charge on any atom is 0.328 e. The fraction of sp³-hybridized carbons (Fsp3) is 0.250. The van der Waals surface area contributed by atoms with Gasteiger partial charge in [-0.25, -0.2) is 4.79 Å². The molecule has 0 aliphatic heterocycles. The fourth-order valence-electron chi connectivity index (χ4n) is 0.822. The van der Waals surface area contributed by atoms with E-state index in [9.17, 15) is 4.79 Å². The van der Waals surface area contributed by atoms with Crippen LogP contribution in [0.25, 0.3) is 0 Å². The van der Waals surface area contributed by atoms with Crippen molar-refractivity contribution in [3.63, 3.8) is 0 Å². The number of pyridine rings is 1. The molecule has 0 radical (unpaired) electrons. The molecule has 0 unspecified atom stereocenters. The summed E-state index contributed by atoms with van der Waals surface area (Å²) in [4.78, 5) is 14.4. The van der Waals surface area contributed by atoms with Gasteiger partial charge in [0.2, 0.25) is 0 Å². The summed E-state index contributed by atoms with van der Waals surface area (Å²) in [6, 6.07) is 3.18. The average Bonchev–Trinajstić information content (AvgIpc) is 2.06. The van der Waals surface area contributed by atoms with Crippen molar-refractivity contribution in [2.75, 3.05) is 0 Å². The number of hydrogen-bond donors (Lipinski definition) is 2. The van der Waals surface area contributed by atoms with E-state index in [1.54, 1.807) is 12.1 Å². The Hall–Kier alpha value is -1.42. The molecule has 4 heteroatoms. The number of carboxylic acids is 1. The second-order valence-corrected chi connectivity index (χ2v) is 2.74. The van der Waals surface area contributed by atoms with Crippen LogP contribution in [-0.4, -0.2) is 16.1 Å². The SMILES string of the molecule is C[C@](N)(C(=O)O)c1ccncc1. The maximum absolute atomic E-state index is 10.7. The zero-order valence-corrected chi connectivity index (χ0v) is 6.69. The van der Waals surface area contributed by atoms with Gasteiger partial charge in [-0.05, 0) is 24.6 Å². The molecule has 0 bridgehead atoms. The van der Waals surface area contributed by atoms with Crippen LogP contribution in [0.1, 0.15) is 12.5 Å². The molecule has 1 aromatic heterocycles. The Balaban J connectivity index is 3.06. The first-order valence-corrected chi connectivity index (χ1v) is 3.48. The van der Waals surface area contributed by atoms with Crippen LogP contribution in [0, 0.1) is 0 Å². The van der Waals surface area contributed by atoms with Crippen molar-refractivity contribution in [2.24, 2.45) is 5.73 Å². The number of nitrogens with two attached hydrogens (primary N) is 1. The molecule has 4 nitrogen and oxygen atoms in total. The Morgan fingerprint density at radius 2 is 2.08 bits per heavy atom. The minimum absolute atomic E-state index is 0.546. The van der Waals surface area contributed by atoms with E-state index in [1.165, 1.54) is 19.3 Å². The molecule has 1 heterocycles. The molecule has 0 amide bonds. The van der Waals surface area contributed by atoms with Gasteiger partial charge < -0.3 is 10.8 Å². The summed E-state index contributed by atoms with van der Waals surface area (Å²) >= 11 is 0. The van der Waals surface area contributed by atoms with Gasteiger partial charge in [0.05, 0.1) is 0 Å². The molecule has 0 aromatic carbocycles. The van der Waals surface area contributed by atoms with Crippen LogP contribution >= 0.6 is 0 Å². The number of carbonyl (C=O) groups is 1. The monoisotopic (exact) mass is 166 g/mol. The maximum atomic E-state index is 10.7. The summed E-state index contributed by atoms with van der Waals surface area (Å²) in [5, 5.41) is 8.75. The lowest BCUT2D eigenvalue weighted by atomic mass is 9.95. The smallest absolute Gasteiger partial charge is 0.328 e. The lowest BCUT2D eigenvalue weighted by molar-refractivity contribution is -0.143. The molecule has 0 aliphatic carbocycles. The number of carboxylic acid groups (broad SMARTS) is 1. The summed E-state index contributed by atoms with van der Waals surface area (Å²) < 4.78 is 0. The largest absolute Gasteiger partial charge is 0.480 e. The van der Waals surface area contributed by atoms with Crippen molar-refractivity contribution in [2.45, 2.75) is 12.5 Å². The van der Waals surface area contributed by atoms with Crippen molar-refractivity contribution in [3.05, 3.63) is 30.1 Å². The highest BCUT2D eigenvalue weighted by Gasteiger charge is 2.29. The van der Waals surface area contributed by atoms with Gasteiger partial charge in [0.1, 0.15) is 5.54 Å². The van der Waals surface area contributed by atoms with Crippen molar-refractivity contribution < 1.29 is 9.90 Å². The summed E-state index contributed by atoms with van der Waals surface area (Å²) in [5.41, 5.74) is 4.77. The number of aliphatic carboxylic acids is 1. The van der Waals surface area contributed by atoms with Crippen molar-refractivity contribution >= 4 is 5.97 Å². The van der Waals surface area contributed by atoms with Gasteiger partial charge in [0, 0.05) is 12.4 Å². The lowest BCUT2D eigenvalue weighted by Crippen LogP contribution is -2.41. The van der Waals surface area contributed by atoms with Crippen LogP contribution in [0.2, 0.25) is 0 Å². The fourth-order valence-corrected chi connectivity index (χ4v) is 0.822. The first-order valence-electron chi connectivity index (χ1n) is 3.48. The molecular weight excluding hydrogens is 156 g/mol. The Morgan fingerprint density at radius 1 is 1.58 bits per heavy atom. The van der Waals surface area contributed by atoms with Gasteiger partial charge in [-0.3, -0.25) is 4.98 Å². The molecule has 0 spiro atoms. The van der Waals surface area contributed by atoms with E-state index in [4.69, 9.17) is 10.8 Å². The standard InChI is InChI=1S/C8H10N2O2/c1-8(9,7(11)12)6-2-4-10-5-3-6/h2-5H,9H2,1H3,(H,11,12)/t8-/m1/s1. The number of rotatable bonds is 2. The first-order chi connectivity index (χ1) is 5.55. The minimum Gasteiger partial charge on any atom is -0.480 e. The van der Waals surface area contributed by atoms with Crippen LogP contribution in [0.4, 0.5) is 0 Å². The zero-order chi connectivity index (χ0) is 9.19. The summed E-state index contributed by atoms with van der Waals surface area (Å²) in [6.45, 7) is 1.45. The van der Waals surface area contributed by atoms with E-state index >= 15 is 0 Å². The van der Waals surface area contributed by atoms with Crippen molar-refractivity contribution in [1.29, 1.82) is 0 Å². The summed E-state index contributed by atoms with van der Waals surface area (Å²) in [6.07, 6.45) is 3.03. The van der Waals surface area contributed by atoms with Crippen LogP contribution in [0.5, 0.6) is 0 Å². The molecule has 1 atom stereocenters. The third-order valence-corrected chi connectivity index (χ3v) is 1.72. The molecule has 1 rings (SSSR count). The number of aromatic nitrogens is 1. The highest BCUT2D eigenvalue weighted by Crippen LogP contribution is 2.15. The summed E-state index contributed by atoms with van der Waals surface area (Å²) in [7, 11) is 0. The molecule has 12 heavy (non-hydrogen) atoms. The van der Waals surface area contributed by atoms with E-state index < -0.39 is 11.5 Å². The van der Waals surface area contributed by atoms with E-state index in [2.05, 4.69) is 4.98 Å². The third kappa shape index (κ3) is 1.43. The molecule has 3 N–H and O–H groups in total. The highest BCUT2D eigenvalue weighted by molar-refractivity contribution is 5.79. The van der Waals surface area contributed by atoms with Crippen LogP contribution < -0.4 is 5.73 Å². The predicted molar refractivity (Wildman–Crippen MR) is 43.4 cm³/mol. The van der Waals surface area contributed by atoms with E-state index in [-0.39, 0.29) is 0 Å². The van der Waals surface area contributed by atoms with E-state index in [0.29, 0.717) is 5.56 Å². The predicted octanol–water partition coefficient (Wildman–Crippen LogP) is 0.340. The second-order valence-electron chi connectivity index (χ2n) is 2.74. The Labute approximate surface area is 70.0 Å². The van der Waals surface area contributed by atoms with E-state index in [0.717, 1.165) is 0 Å². The highest BCUT2D eigenvalue weighted by atomic mass is 16.4. The van der Waals surface area contributed by atoms with Gasteiger partial charge in [-0.15, -0.1) is 0 Å². The minimum atomic E-state index is -1.33. The molecule has 0 fully saturated rings. The molecule has 64 valence electrons. The third-order valence-electron chi connectivity index (χ3n) is 1.72. The normalized spacial score (nSPS) is 15.2. The Kier molecular flexibility index (Phi) is 2.10. The van der Waals surface area contributed by atoms with Gasteiger partial charge in [-0.2, -0.15) is 0 Å². The van der Waals surface area contributed by atoms with Gasteiger partial charge in [-0.1, -0.05) is 0 Å². The van der Waals surface area contributed by atoms with Gasteiger partial charge in [0.25, 0.3) is 0 Å². The van der Waals surface area contributed by atoms with Crippen LogP contribution in [-0.2, 0) is 10.3 Å². The lowest BCUT2D eigenvalue weighted by Gasteiger charge is -2.18. The number of hydrogen-bond acceptors (Lipinski definition) is 3. The topological polar surface area (TPSA) is 76.2 Å². The second kappa shape index (κ2) is 2.91. The zero-order valence-electron chi connectivity index (χ0n) is 6.69.